The predicted octanol–water partition coefficient (Wildman–Crippen LogP) is 8.85. The van der Waals surface area contributed by atoms with E-state index in [1.807, 2.05) is 24.5 Å². The average Bonchev–Trinajstić information content (AvgIpc) is 3.76. The summed E-state index contributed by atoms with van der Waals surface area (Å²) in [5.41, 5.74) is 4.45. The number of ether oxygens (including phenoxy) is 2. The van der Waals surface area contributed by atoms with Crippen molar-refractivity contribution in [1.29, 1.82) is 0 Å². The molecule has 0 spiro atoms. The number of rotatable bonds is 13. The number of fused-ring (bicyclic) bond motifs is 2. The van der Waals surface area contributed by atoms with Crippen LogP contribution in [-0.2, 0) is 58.2 Å². The van der Waals surface area contributed by atoms with E-state index in [2.05, 4.69) is 9.97 Å². The fraction of sp³-hybridized carbons (Fsp3) is 0.180. The molecule has 0 amide bonds. The lowest BCUT2D eigenvalue weighted by molar-refractivity contribution is -0.144. The van der Waals surface area contributed by atoms with Gasteiger partial charge in [0.25, 0.3) is 0 Å². The van der Waals surface area contributed by atoms with E-state index in [-0.39, 0.29) is 63.3 Å². The van der Waals surface area contributed by atoms with Gasteiger partial charge < -0.3 is 18.6 Å². The van der Waals surface area contributed by atoms with E-state index in [0.29, 0.717) is 29.4 Å². The van der Waals surface area contributed by atoms with E-state index in [1.165, 1.54) is 73.1 Å². The summed E-state index contributed by atoms with van der Waals surface area (Å²) in [5, 5.41) is 1.16. The van der Waals surface area contributed by atoms with E-state index in [0.717, 1.165) is 27.9 Å². The Hall–Kier alpha value is -7.37. The summed E-state index contributed by atoms with van der Waals surface area (Å²) in [7, 11) is -7.57. The fourth-order valence-corrected chi connectivity index (χ4v) is 10.1. The number of carbonyl (C=O) groups is 3. The largest absolute Gasteiger partial charge is 0.465 e. The van der Waals surface area contributed by atoms with Crippen LogP contribution in [0.4, 0.5) is 8.78 Å². The van der Waals surface area contributed by atoms with Crippen LogP contribution >= 0.6 is 0 Å². The number of sulfone groups is 2. The molecule has 0 fully saturated rings. The molecule has 0 radical (unpaired) electrons. The second-order valence-corrected chi connectivity index (χ2v) is 18.5. The van der Waals surface area contributed by atoms with Gasteiger partial charge in [-0.25, -0.2) is 35.6 Å². The van der Waals surface area contributed by atoms with Crippen LogP contribution in [-0.4, -0.2) is 67.4 Å². The molecule has 0 aliphatic carbocycles. The molecule has 0 unspecified atom stereocenters. The highest BCUT2D eigenvalue weighted by Gasteiger charge is 2.26. The van der Waals surface area contributed by atoms with Crippen molar-refractivity contribution in [3.8, 4) is 0 Å². The number of benzene rings is 4. The van der Waals surface area contributed by atoms with Gasteiger partial charge in [0.2, 0.25) is 19.7 Å². The van der Waals surface area contributed by atoms with Crippen molar-refractivity contribution in [2.24, 2.45) is 0 Å². The van der Waals surface area contributed by atoms with Crippen LogP contribution in [0.15, 0.2) is 160 Å². The zero-order valence-corrected chi connectivity index (χ0v) is 38.6. The zero-order chi connectivity index (χ0) is 48.3. The maximum atomic E-state index is 14.2. The lowest BCUT2D eigenvalue weighted by Crippen LogP contribution is -2.14. The highest BCUT2D eigenvalue weighted by atomic mass is 32.2. The molecular formula is C50H46F2N4O9S2. The van der Waals surface area contributed by atoms with Gasteiger partial charge in [-0.2, -0.15) is 0 Å². The van der Waals surface area contributed by atoms with Crippen LogP contribution < -0.4 is 0 Å². The predicted molar refractivity (Wildman–Crippen MR) is 247 cm³/mol. The van der Waals surface area contributed by atoms with Gasteiger partial charge in [-0.05, 0) is 124 Å². The lowest BCUT2D eigenvalue weighted by Gasteiger charge is -2.11. The molecule has 4 aromatic carbocycles. The van der Waals surface area contributed by atoms with Crippen molar-refractivity contribution < 1.29 is 49.5 Å². The van der Waals surface area contributed by atoms with Gasteiger partial charge >= 0.3 is 11.9 Å². The average molecular weight is 949 g/mol. The third-order valence-corrected chi connectivity index (χ3v) is 13.9. The van der Waals surface area contributed by atoms with Crippen LogP contribution in [0, 0.1) is 25.5 Å². The van der Waals surface area contributed by atoms with Gasteiger partial charge in [0.15, 0.2) is 16.3 Å². The first-order valence-corrected chi connectivity index (χ1v) is 23.9. The molecule has 0 bridgehead atoms. The van der Waals surface area contributed by atoms with Crippen molar-refractivity contribution >= 4 is 59.7 Å². The van der Waals surface area contributed by atoms with Crippen LogP contribution in [0.1, 0.15) is 46.7 Å². The summed E-state index contributed by atoms with van der Waals surface area (Å²) in [6.07, 6.45) is 3.48. The highest BCUT2D eigenvalue weighted by Crippen LogP contribution is 2.32. The smallest absolute Gasteiger partial charge is 0.325 e. The molecule has 0 saturated heterocycles. The van der Waals surface area contributed by atoms with Crippen molar-refractivity contribution in [1.82, 2.24) is 19.1 Å². The Morgan fingerprint density at radius 1 is 0.627 bits per heavy atom. The molecule has 0 atom stereocenters. The first-order chi connectivity index (χ1) is 32.1. The number of hydrogen-bond donors (Lipinski definition) is 0. The number of aryl methyl sites for hydroxylation is 1. The van der Waals surface area contributed by atoms with E-state index < -0.39 is 31.5 Å². The number of esters is 2. The van der Waals surface area contributed by atoms with Gasteiger partial charge in [0, 0.05) is 52.0 Å². The summed E-state index contributed by atoms with van der Waals surface area (Å²) in [4.78, 5) is 42.7. The third-order valence-electron chi connectivity index (χ3n) is 10.4. The van der Waals surface area contributed by atoms with Gasteiger partial charge in [-0.3, -0.25) is 14.4 Å². The number of nitrogens with zero attached hydrogens (tertiary/aromatic N) is 4. The summed E-state index contributed by atoms with van der Waals surface area (Å²) >= 11 is 0. The Morgan fingerprint density at radius 3 is 1.73 bits per heavy atom. The summed E-state index contributed by atoms with van der Waals surface area (Å²) in [6, 6.07) is 33.1. The summed E-state index contributed by atoms with van der Waals surface area (Å²) in [6.45, 7) is 7.98. The summed E-state index contributed by atoms with van der Waals surface area (Å²) < 4.78 is 91.8. The number of hydrogen-bond acceptors (Lipinski definition) is 11. The molecule has 0 aliphatic rings. The Kier molecular flexibility index (Phi) is 15.9. The van der Waals surface area contributed by atoms with Crippen molar-refractivity contribution in [2.75, 3.05) is 13.2 Å². The Labute approximate surface area is 386 Å². The van der Waals surface area contributed by atoms with E-state index >= 15 is 0 Å². The molecule has 13 nitrogen and oxygen atoms in total. The minimum Gasteiger partial charge on any atom is -0.465 e. The fourth-order valence-electron chi connectivity index (χ4n) is 7.34. The Bertz CT molecular complexity index is 3290. The van der Waals surface area contributed by atoms with Gasteiger partial charge in [0.05, 0.1) is 28.6 Å². The molecule has 17 heteroatoms. The molecule has 8 rings (SSSR count). The first-order valence-electron chi connectivity index (χ1n) is 20.9. The molecule has 4 aromatic heterocycles. The molecule has 8 aromatic rings. The van der Waals surface area contributed by atoms with Crippen LogP contribution in [0.5, 0.6) is 0 Å². The summed E-state index contributed by atoms with van der Waals surface area (Å²) in [5.74, 6) is -1.37. The minimum absolute atomic E-state index is 0.0238. The number of aldehydes is 1. The standard InChI is InChI=1S/C25H23FN2O4S.C13H14FNO2.C12H9NO3S/c1-3-32-24(29)16-28-17(2)21(22-15-19(26)11-12-23(22)28)14-18-8-7-13-27-25(18)33(30,31)20-9-5-4-6-10-20;1-3-17-13(16)8-15-9(2)6-10-7-11(14)4-5-12(10)15;14-9-10-5-4-8-13-12(10)17(15,16)11-6-2-1-3-7-11/h4-13,15H,3,14,16H2,1-2H3;4-7H,3,8H2,1-2H3;1-9H. The Morgan fingerprint density at radius 2 is 1.15 bits per heavy atom. The molecule has 0 saturated carbocycles. The van der Waals surface area contributed by atoms with Crippen molar-refractivity contribution in [2.45, 2.75) is 67.0 Å². The SMILES string of the molecule is CCOC(=O)Cn1c(C)c(Cc2cccnc2S(=O)(=O)c2ccccc2)c2cc(F)ccc21.CCOC(=O)Cn1c(C)cc2cc(F)ccc21.O=Cc1cccnc1S(=O)(=O)c1ccccc1. The molecule has 0 N–H and O–H groups in total. The normalized spacial score (nSPS) is 11.3. The maximum Gasteiger partial charge on any atom is 0.325 e. The molecular weight excluding hydrogens is 903 g/mol. The van der Waals surface area contributed by atoms with Crippen LogP contribution in [0.2, 0.25) is 0 Å². The lowest BCUT2D eigenvalue weighted by atomic mass is 10.0. The molecule has 0 aliphatic heterocycles. The molecule has 67 heavy (non-hydrogen) atoms. The van der Waals surface area contributed by atoms with E-state index in [9.17, 15) is 40.0 Å². The topological polar surface area (TPSA) is 174 Å². The first kappa shape index (κ1) is 49.1. The second kappa shape index (κ2) is 21.7. The van der Waals surface area contributed by atoms with Crippen molar-refractivity contribution in [3.05, 3.63) is 180 Å². The van der Waals surface area contributed by atoms with Crippen LogP contribution in [0.3, 0.4) is 0 Å². The zero-order valence-electron chi connectivity index (χ0n) is 36.9. The van der Waals surface area contributed by atoms with Crippen molar-refractivity contribution in [3.63, 3.8) is 0 Å². The Balaban J connectivity index is 0.000000183. The monoisotopic (exact) mass is 948 g/mol. The molecule has 4 heterocycles. The minimum atomic E-state index is -3.85. The number of carbonyl (C=O) groups excluding carboxylic acids is 3. The van der Waals surface area contributed by atoms with Crippen LogP contribution in [0.25, 0.3) is 21.8 Å². The quantitative estimate of drug-likeness (QED) is 0.0798. The van der Waals surface area contributed by atoms with E-state index in [4.69, 9.17) is 9.47 Å². The number of aromatic nitrogens is 4. The number of pyridine rings is 2. The van der Waals surface area contributed by atoms with Gasteiger partial charge in [0.1, 0.15) is 24.7 Å². The van der Waals surface area contributed by atoms with Gasteiger partial charge in [-0.15, -0.1) is 0 Å². The molecule has 346 valence electrons. The third kappa shape index (κ3) is 11.4. The number of halogens is 2. The van der Waals surface area contributed by atoms with E-state index in [1.54, 1.807) is 79.1 Å². The van der Waals surface area contributed by atoms with Gasteiger partial charge in [-0.1, -0.05) is 42.5 Å². The second-order valence-electron chi connectivity index (χ2n) is 14.8. The highest BCUT2D eigenvalue weighted by molar-refractivity contribution is 7.91. The maximum absolute atomic E-state index is 14.2.